The summed E-state index contributed by atoms with van der Waals surface area (Å²) in [5, 5.41) is 14.5. The Morgan fingerprint density at radius 2 is 1.82 bits per heavy atom. The molecule has 33 heavy (non-hydrogen) atoms. The zero-order valence-corrected chi connectivity index (χ0v) is 18.8. The summed E-state index contributed by atoms with van der Waals surface area (Å²) < 4.78 is -0.702. The van der Waals surface area contributed by atoms with Crippen molar-refractivity contribution in [1.29, 1.82) is 0 Å². The van der Waals surface area contributed by atoms with Crippen molar-refractivity contribution in [3.63, 3.8) is 0 Å². The van der Waals surface area contributed by atoms with Crippen molar-refractivity contribution in [3.05, 3.63) is 65.7 Å². The molecule has 2 saturated heterocycles. The average molecular weight is 469 g/mol. The molecule has 2 fully saturated rings. The highest BCUT2D eigenvalue weighted by atomic mass is 32.2. The Morgan fingerprint density at radius 3 is 2.45 bits per heavy atom. The van der Waals surface area contributed by atoms with Crippen LogP contribution < -0.4 is 16.4 Å². The number of thioether (sulfide) groups is 1. The van der Waals surface area contributed by atoms with Crippen molar-refractivity contribution < 1.29 is 24.3 Å². The normalized spacial score (nSPS) is 23.8. The molecular formula is C23H24N4O5S. The van der Waals surface area contributed by atoms with Crippen LogP contribution in [0, 0.1) is 0 Å². The van der Waals surface area contributed by atoms with Gasteiger partial charge in [0.2, 0.25) is 11.8 Å². The van der Waals surface area contributed by atoms with E-state index in [1.807, 2.05) is 0 Å². The number of benzene rings is 2. The molecule has 0 bridgehead atoms. The van der Waals surface area contributed by atoms with E-state index in [4.69, 9.17) is 5.73 Å². The number of aliphatic carboxylic acids is 1. The number of nitrogen functional groups attached to an aromatic ring is 1. The topological polar surface area (TPSA) is 142 Å². The number of anilines is 1. The Hall–Kier alpha value is -3.53. The Kier molecular flexibility index (Phi) is 5.79. The van der Waals surface area contributed by atoms with Crippen LogP contribution in [-0.2, 0) is 14.4 Å². The molecule has 2 aliphatic heterocycles. The van der Waals surface area contributed by atoms with Gasteiger partial charge in [-0.05, 0) is 37.6 Å². The highest BCUT2D eigenvalue weighted by molar-refractivity contribution is 8.01. The van der Waals surface area contributed by atoms with Gasteiger partial charge in [-0.2, -0.15) is 0 Å². The Balaban J connectivity index is 1.54. The first-order valence-electron chi connectivity index (χ1n) is 10.3. The first kappa shape index (κ1) is 22.7. The van der Waals surface area contributed by atoms with E-state index in [-0.39, 0.29) is 0 Å². The molecule has 0 aromatic heterocycles. The average Bonchev–Trinajstić information content (AvgIpc) is 3.04. The maximum Gasteiger partial charge on any atom is 0.327 e. The molecule has 2 aromatic rings. The molecule has 5 N–H and O–H groups in total. The van der Waals surface area contributed by atoms with Crippen molar-refractivity contribution in [2.45, 2.75) is 42.1 Å². The molecule has 2 aliphatic rings. The van der Waals surface area contributed by atoms with Gasteiger partial charge in [-0.25, -0.2) is 4.79 Å². The van der Waals surface area contributed by atoms with Gasteiger partial charge in [0.1, 0.15) is 23.5 Å². The minimum absolute atomic E-state index is 0.298. The van der Waals surface area contributed by atoms with Crippen LogP contribution in [-0.4, -0.2) is 55.9 Å². The molecule has 0 saturated carbocycles. The van der Waals surface area contributed by atoms with Gasteiger partial charge in [-0.15, -0.1) is 11.8 Å². The molecule has 2 aromatic carbocycles. The molecule has 172 valence electrons. The third-order valence-electron chi connectivity index (χ3n) is 5.79. The molecule has 4 atom stereocenters. The van der Waals surface area contributed by atoms with E-state index >= 15 is 0 Å². The number of hydrogen-bond donors (Lipinski definition) is 4. The van der Waals surface area contributed by atoms with Crippen LogP contribution in [0.15, 0.2) is 54.6 Å². The van der Waals surface area contributed by atoms with Gasteiger partial charge >= 0.3 is 5.97 Å². The van der Waals surface area contributed by atoms with E-state index in [1.54, 1.807) is 62.4 Å². The van der Waals surface area contributed by atoms with E-state index in [2.05, 4.69) is 10.6 Å². The fourth-order valence-electron chi connectivity index (χ4n) is 4.22. The predicted octanol–water partition coefficient (Wildman–Crippen LogP) is 1.37. The molecule has 2 heterocycles. The van der Waals surface area contributed by atoms with Gasteiger partial charge in [0, 0.05) is 16.0 Å². The Morgan fingerprint density at radius 1 is 1.12 bits per heavy atom. The number of amides is 3. The quantitative estimate of drug-likeness (QED) is 0.371. The van der Waals surface area contributed by atoms with Gasteiger partial charge in [0.15, 0.2) is 0 Å². The van der Waals surface area contributed by atoms with Crippen molar-refractivity contribution >= 4 is 41.1 Å². The summed E-state index contributed by atoms with van der Waals surface area (Å²) >= 11 is 1.34. The summed E-state index contributed by atoms with van der Waals surface area (Å²) in [6.07, 6.45) is 0. The van der Waals surface area contributed by atoms with E-state index in [9.17, 15) is 24.3 Å². The number of β-lactam (4-membered cyclic amide) rings is 1. The predicted molar refractivity (Wildman–Crippen MR) is 123 cm³/mol. The number of nitrogens with zero attached hydrogens (tertiary/aromatic N) is 1. The second-order valence-electron chi connectivity index (χ2n) is 8.53. The lowest BCUT2D eigenvalue weighted by atomic mass is 9.95. The number of nitrogens with one attached hydrogen (secondary N) is 2. The smallest absolute Gasteiger partial charge is 0.327 e. The van der Waals surface area contributed by atoms with Crippen molar-refractivity contribution in [3.8, 4) is 0 Å². The SMILES string of the molecule is CC1(C)SC2[C@H](NC(=O)C(NC(=O)c3cccc(N)c3)c3ccccc3)C(=O)N2C1C(=O)O. The zero-order chi connectivity index (χ0) is 23.9. The fraction of sp³-hybridized carbons (Fsp3) is 0.304. The molecular weight excluding hydrogens is 444 g/mol. The van der Waals surface area contributed by atoms with Gasteiger partial charge < -0.3 is 26.4 Å². The van der Waals surface area contributed by atoms with Crippen LogP contribution in [0.2, 0.25) is 0 Å². The molecule has 3 unspecified atom stereocenters. The van der Waals surface area contributed by atoms with Crippen LogP contribution in [0.1, 0.15) is 35.8 Å². The second kappa shape index (κ2) is 8.43. The van der Waals surface area contributed by atoms with Crippen molar-refractivity contribution in [2.24, 2.45) is 0 Å². The molecule has 10 heteroatoms. The number of nitrogens with two attached hydrogens (primary N) is 1. The summed E-state index contributed by atoms with van der Waals surface area (Å²) in [7, 11) is 0. The van der Waals surface area contributed by atoms with Crippen LogP contribution in [0.25, 0.3) is 0 Å². The van der Waals surface area contributed by atoms with Crippen LogP contribution in [0.4, 0.5) is 5.69 Å². The van der Waals surface area contributed by atoms with E-state index in [0.717, 1.165) is 0 Å². The maximum atomic E-state index is 13.2. The monoisotopic (exact) mass is 468 g/mol. The third-order valence-corrected chi connectivity index (χ3v) is 7.36. The van der Waals surface area contributed by atoms with Crippen LogP contribution in [0.3, 0.4) is 0 Å². The summed E-state index contributed by atoms with van der Waals surface area (Å²) in [6.45, 7) is 3.53. The Labute approximate surface area is 194 Å². The standard InChI is InChI=1S/C23H24N4O5S/c1-23(2)17(22(31)32)27-20(30)16(21(27)33-23)26-19(29)15(12-7-4-3-5-8-12)25-18(28)13-9-6-10-14(24)11-13/h3-11,15-17,21H,24H2,1-2H3,(H,25,28)(H,26,29)(H,31,32)/t15?,16-,17?,21?/m1/s1. The summed E-state index contributed by atoms with van der Waals surface area (Å²) in [4.78, 5) is 51.8. The van der Waals surface area contributed by atoms with Crippen LogP contribution >= 0.6 is 11.8 Å². The highest BCUT2D eigenvalue weighted by Crippen LogP contribution is 2.50. The summed E-state index contributed by atoms with van der Waals surface area (Å²) in [5.41, 5.74) is 7.02. The van der Waals surface area contributed by atoms with E-state index in [1.165, 1.54) is 22.7 Å². The van der Waals surface area contributed by atoms with Gasteiger partial charge in [0.25, 0.3) is 5.91 Å². The number of carboxylic acid groups (broad SMARTS) is 1. The number of carboxylic acids is 1. The number of carbonyl (C=O) groups is 4. The zero-order valence-electron chi connectivity index (χ0n) is 18.0. The lowest BCUT2D eigenvalue weighted by Crippen LogP contribution is -2.71. The minimum atomic E-state index is -1.08. The Bertz CT molecular complexity index is 1120. The molecule has 4 rings (SSSR count). The summed E-state index contributed by atoms with van der Waals surface area (Å²) in [6, 6.07) is 12.2. The van der Waals surface area contributed by atoms with Gasteiger partial charge in [-0.1, -0.05) is 36.4 Å². The maximum absolute atomic E-state index is 13.2. The number of fused-ring (bicyclic) bond motifs is 1. The molecule has 0 radical (unpaired) electrons. The van der Waals surface area contributed by atoms with E-state index in [0.29, 0.717) is 16.8 Å². The fourth-order valence-corrected chi connectivity index (χ4v) is 5.85. The lowest BCUT2D eigenvalue weighted by molar-refractivity contribution is -0.161. The second-order valence-corrected chi connectivity index (χ2v) is 10.3. The van der Waals surface area contributed by atoms with Gasteiger partial charge in [-0.3, -0.25) is 14.4 Å². The van der Waals surface area contributed by atoms with Crippen molar-refractivity contribution in [2.75, 3.05) is 5.73 Å². The number of carbonyl (C=O) groups excluding carboxylic acids is 3. The third kappa shape index (κ3) is 4.13. The van der Waals surface area contributed by atoms with Crippen LogP contribution in [0.5, 0.6) is 0 Å². The highest BCUT2D eigenvalue weighted by Gasteiger charge is 2.64. The van der Waals surface area contributed by atoms with E-state index < -0.39 is 51.9 Å². The molecule has 9 nitrogen and oxygen atoms in total. The number of rotatable bonds is 6. The van der Waals surface area contributed by atoms with Crippen molar-refractivity contribution in [1.82, 2.24) is 15.5 Å². The molecule has 0 aliphatic carbocycles. The summed E-state index contributed by atoms with van der Waals surface area (Å²) in [5.74, 6) is -2.58. The molecule has 0 spiro atoms. The number of hydrogen-bond acceptors (Lipinski definition) is 6. The lowest BCUT2D eigenvalue weighted by Gasteiger charge is -2.44. The first-order valence-corrected chi connectivity index (χ1v) is 11.2. The molecule has 3 amide bonds. The largest absolute Gasteiger partial charge is 0.480 e. The van der Waals surface area contributed by atoms with Gasteiger partial charge in [0.05, 0.1) is 0 Å². The first-order chi connectivity index (χ1) is 15.6. The minimum Gasteiger partial charge on any atom is -0.480 e.